The van der Waals surface area contributed by atoms with Crippen molar-refractivity contribution in [2.24, 2.45) is 16.0 Å². The highest BCUT2D eigenvalue weighted by Gasteiger charge is 2.50. The quantitative estimate of drug-likeness (QED) is 0.631. The van der Waals surface area contributed by atoms with Gasteiger partial charge in [0.2, 0.25) is 0 Å². The Morgan fingerprint density at radius 1 is 1.30 bits per heavy atom. The summed E-state index contributed by atoms with van der Waals surface area (Å²) < 4.78 is 0. The zero-order chi connectivity index (χ0) is 16.5. The highest BCUT2D eigenvalue weighted by molar-refractivity contribution is 5.80. The van der Waals surface area contributed by atoms with Gasteiger partial charge in [0.1, 0.15) is 0 Å². The molecule has 1 aliphatic carbocycles. The number of rotatable bonds is 4. The lowest BCUT2D eigenvalue weighted by Crippen LogP contribution is -2.39. The van der Waals surface area contributed by atoms with E-state index in [4.69, 9.17) is 4.84 Å². The number of fused-ring (bicyclic) bond motifs is 2. The zero-order valence-electron chi connectivity index (χ0n) is 14.3. The van der Waals surface area contributed by atoms with Crippen molar-refractivity contribution in [3.8, 4) is 0 Å². The molecule has 0 spiro atoms. The summed E-state index contributed by atoms with van der Waals surface area (Å²) in [5.41, 5.74) is 1.54. The van der Waals surface area contributed by atoms with Crippen molar-refractivity contribution >= 4 is 12.1 Å². The lowest BCUT2D eigenvalue weighted by Gasteiger charge is -2.39. The summed E-state index contributed by atoms with van der Waals surface area (Å²) in [6, 6.07) is 10.1. The summed E-state index contributed by atoms with van der Waals surface area (Å²) in [6.45, 7) is 7.81. The van der Waals surface area contributed by atoms with Crippen LogP contribution in [0.3, 0.4) is 0 Å². The zero-order valence-corrected chi connectivity index (χ0v) is 14.3. The van der Waals surface area contributed by atoms with Gasteiger partial charge in [-0.2, -0.15) is 0 Å². The maximum Gasteiger partial charge on any atom is 0.263 e. The molecule has 2 atom stereocenters. The molecule has 1 saturated carbocycles. The van der Waals surface area contributed by atoms with Crippen LogP contribution in [0.2, 0.25) is 0 Å². The SMILES string of the molecule is CC1(C)CC2CC(C)(CN2C(=O)CON=Cc2ccccc2)C1. The number of hydrogen-bond donors (Lipinski definition) is 0. The van der Waals surface area contributed by atoms with E-state index in [0.717, 1.165) is 24.9 Å². The van der Waals surface area contributed by atoms with Gasteiger partial charge in [-0.1, -0.05) is 56.3 Å². The van der Waals surface area contributed by atoms with E-state index in [9.17, 15) is 4.79 Å². The van der Waals surface area contributed by atoms with Crippen molar-refractivity contribution in [1.29, 1.82) is 0 Å². The van der Waals surface area contributed by atoms with Crippen molar-refractivity contribution in [2.75, 3.05) is 13.2 Å². The van der Waals surface area contributed by atoms with Crippen molar-refractivity contribution in [2.45, 2.75) is 46.1 Å². The van der Waals surface area contributed by atoms with Crippen LogP contribution in [-0.2, 0) is 9.63 Å². The number of benzene rings is 1. The van der Waals surface area contributed by atoms with Crippen LogP contribution >= 0.6 is 0 Å². The first-order valence-corrected chi connectivity index (χ1v) is 8.37. The number of oxime groups is 1. The Morgan fingerprint density at radius 2 is 2.04 bits per heavy atom. The fourth-order valence-electron chi connectivity index (χ4n) is 4.56. The summed E-state index contributed by atoms with van der Waals surface area (Å²) in [7, 11) is 0. The normalized spacial score (nSPS) is 29.0. The Balaban J connectivity index is 1.54. The second-order valence-corrected chi connectivity index (χ2v) is 8.15. The molecule has 1 aromatic carbocycles. The van der Waals surface area contributed by atoms with Crippen LogP contribution in [0.5, 0.6) is 0 Å². The molecule has 1 heterocycles. The maximum absolute atomic E-state index is 12.5. The summed E-state index contributed by atoms with van der Waals surface area (Å²) in [6.07, 6.45) is 5.03. The molecule has 2 fully saturated rings. The van der Waals surface area contributed by atoms with Crippen LogP contribution in [0.4, 0.5) is 0 Å². The predicted molar refractivity (Wildman–Crippen MR) is 91.2 cm³/mol. The van der Waals surface area contributed by atoms with Crippen molar-refractivity contribution < 1.29 is 9.63 Å². The third-order valence-electron chi connectivity index (χ3n) is 5.00. The van der Waals surface area contributed by atoms with Gasteiger partial charge in [0.15, 0.2) is 6.61 Å². The van der Waals surface area contributed by atoms with E-state index >= 15 is 0 Å². The van der Waals surface area contributed by atoms with E-state index in [1.165, 1.54) is 6.42 Å². The Hall–Kier alpha value is -1.84. The molecule has 0 N–H and O–H groups in total. The molecular weight excluding hydrogens is 288 g/mol. The summed E-state index contributed by atoms with van der Waals surface area (Å²) in [4.78, 5) is 19.7. The minimum Gasteiger partial charge on any atom is -0.386 e. The van der Waals surface area contributed by atoms with Gasteiger partial charge >= 0.3 is 0 Å². The number of nitrogens with zero attached hydrogens (tertiary/aromatic N) is 2. The van der Waals surface area contributed by atoms with Crippen molar-refractivity contribution in [3.05, 3.63) is 35.9 Å². The fraction of sp³-hybridized carbons (Fsp3) is 0.579. The second-order valence-electron chi connectivity index (χ2n) is 8.15. The molecule has 1 saturated heterocycles. The van der Waals surface area contributed by atoms with Gasteiger partial charge < -0.3 is 9.74 Å². The molecule has 4 heteroatoms. The molecule has 0 aromatic heterocycles. The number of likely N-dealkylation sites (tertiary alicyclic amines) is 1. The number of amides is 1. The average molecular weight is 314 g/mol. The summed E-state index contributed by atoms with van der Waals surface area (Å²) in [5, 5.41) is 3.91. The molecule has 2 unspecified atom stereocenters. The standard InChI is InChI=1S/C19H26N2O2/c1-18(2)9-16-10-19(3,13-18)14-21(16)17(22)12-23-20-11-15-7-5-4-6-8-15/h4-8,11,16H,9-10,12-14H2,1-3H3. The number of carbonyl (C=O) groups is 1. The van der Waals surface area contributed by atoms with Crippen LogP contribution in [0, 0.1) is 10.8 Å². The van der Waals surface area contributed by atoms with Gasteiger partial charge in [-0.3, -0.25) is 4.79 Å². The van der Waals surface area contributed by atoms with E-state index in [-0.39, 0.29) is 17.9 Å². The van der Waals surface area contributed by atoms with Crippen molar-refractivity contribution in [3.63, 3.8) is 0 Å². The monoisotopic (exact) mass is 314 g/mol. The van der Waals surface area contributed by atoms with Crippen LogP contribution in [0.15, 0.2) is 35.5 Å². The van der Waals surface area contributed by atoms with E-state index in [0.29, 0.717) is 11.5 Å². The smallest absolute Gasteiger partial charge is 0.263 e. The lowest BCUT2D eigenvalue weighted by atomic mass is 9.65. The Labute approximate surface area is 138 Å². The van der Waals surface area contributed by atoms with Crippen LogP contribution < -0.4 is 0 Å². The Bertz CT molecular complexity index is 597. The number of carbonyl (C=O) groups excluding carboxylic acids is 1. The molecule has 2 bridgehead atoms. The molecule has 3 rings (SSSR count). The third-order valence-corrected chi connectivity index (χ3v) is 5.00. The van der Waals surface area contributed by atoms with Crippen LogP contribution in [-0.4, -0.2) is 36.2 Å². The van der Waals surface area contributed by atoms with Gasteiger partial charge in [0.05, 0.1) is 6.21 Å². The summed E-state index contributed by atoms with van der Waals surface area (Å²) in [5.74, 6) is 0.0571. The van der Waals surface area contributed by atoms with Gasteiger partial charge in [-0.05, 0) is 35.7 Å². The van der Waals surface area contributed by atoms with Gasteiger partial charge in [-0.15, -0.1) is 0 Å². The van der Waals surface area contributed by atoms with E-state index in [2.05, 4.69) is 25.9 Å². The molecule has 0 radical (unpaired) electrons. The molecule has 1 aromatic rings. The fourth-order valence-corrected chi connectivity index (χ4v) is 4.56. The molecular formula is C19H26N2O2. The minimum atomic E-state index is 0.0241. The van der Waals surface area contributed by atoms with Gasteiger partial charge in [0.25, 0.3) is 5.91 Å². The molecule has 1 amide bonds. The van der Waals surface area contributed by atoms with Gasteiger partial charge in [-0.25, -0.2) is 0 Å². The molecule has 124 valence electrons. The summed E-state index contributed by atoms with van der Waals surface area (Å²) >= 11 is 0. The molecule has 1 aliphatic heterocycles. The average Bonchev–Trinajstić information content (AvgIpc) is 2.73. The third kappa shape index (κ3) is 3.74. The second kappa shape index (κ2) is 5.99. The topological polar surface area (TPSA) is 41.9 Å². The first-order chi connectivity index (χ1) is 10.9. The molecule has 2 aliphatic rings. The van der Waals surface area contributed by atoms with E-state index in [1.807, 2.05) is 35.2 Å². The largest absolute Gasteiger partial charge is 0.386 e. The predicted octanol–water partition coefficient (Wildman–Crippen LogP) is 3.46. The minimum absolute atomic E-state index is 0.0241. The molecule has 4 nitrogen and oxygen atoms in total. The van der Waals surface area contributed by atoms with E-state index in [1.54, 1.807) is 6.21 Å². The van der Waals surface area contributed by atoms with E-state index < -0.39 is 0 Å². The van der Waals surface area contributed by atoms with Crippen LogP contribution in [0.25, 0.3) is 0 Å². The van der Waals surface area contributed by atoms with Gasteiger partial charge in [0, 0.05) is 12.6 Å². The Morgan fingerprint density at radius 3 is 2.78 bits per heavy atom. The highest BCUT2D eigenvalue weighted by atomic mass is 16.6. The number of hydrogen-bond acceptors (Lipinski definition) is 3. The highest BCUT2D eigenvalue weighted by Crippen LogP contribution is 2.52. The molecule has 23 heavy (non-hydrogen) atoms. The first kappa shape index (κ1) is 16.0. The lowest BCUT2D eigenvalue weighted by molar-refractivity contribution is -0.137. The van der Waals surface area contributed by atoms with Crippen molar-refractivity contribution in [1.82, 2.24) is 4.90 Å². The van der Waals surface area contributed by atoms with Crippen LogP contribution in [0.1, 0.15) is 45.6 Å². The first-order valence-electron chi connectivity index (χ1n) is 8.37. The Kier molecular flexibility index (Phi) is 4.17. The maximum atomic E-state index is 12.5.